The van der Waals surface area contributed by atoms with Crippen LogP contribution in [-0.2, 0) is 4.74 Å². The molecule has 1 N–H and O–H groups in total. The van der Waals surface area contributed by atoms with Gasteiger partial charge in [-0.15, -0.1) is 0 Å². The van der Waals surface area contributed by atoms with Crippen LogP contribution in [0.5, 0.6) is 0 Å². The number of rotatable bonds is 3. The minimum Gasteiger partial charge on any atom is -0.377 e. The first-order chi connectivity index (χ1) is 10.2. The third-order valence-corrected chi connectivity index (χ3v) is 4.04. The molecule has 0 aromatic carbocycles. The number of hydrogen-bond donors (Lipinski definition) is 1. The van der Waals surface area contributed by atoms with E-state index >= 15 is 0 Å². The van der Waals surface area contributed by atoms with Gasteiger partial charge in [-0.05, 0) is 18.9 Å². The predicted octanol–water partition coefficient (Wildman–Crippen LogP) is -0.293. The number of aromatic amines is 1. The highest BCUT2D eigenvalue weighted by atomic mass is 16.5. The Balaban J connectivity index is 1.51. The molecule has 1 amide bonds. The second-order valence-electron chi connectivity index (χ2n) is 5.53. The fourth-order valence-corrected chi connectivity index (χ4v) is 2.84. The summed E-state index contributed by atoms with van der Waals surface area (Å²) in [5.41, 5.74) is -0.00453. The number of ether oxygens (including phenoxy) is 1. The van der Waals surface area contributed by atoms with Crippen molar-refractivity contribution in [2.24, 2.45) is 0 Å². The van der Waals surface area contributed by atoms with Crippen LogP contribution < -0.4 is 5.56 Å². The van der Waals surface area contributed by atoms with E-state index in [0.717, 1.165) is 39.1 Å². The summed E-state index contributed by atoms with van der Waals surface area (Å²) < 4.78 is 5.64. The molecule has 0 spiro atoms. The van der Waals surface area contributed by atoms with Crippen molar-refractivity contribution in [2.45, 2.75) is 18.9 Å². The molecule has 1 atom stereocenters. The Morgan fingerprint density at radius 1 is 1.33 bits per heavy atom. The molecule has 3 heterocycles. The zero-order valence-electron chi connectivity index (χ0n) is 12.0. The van der Waals surface area contributed by atoms with Crippen LogP contribution in [0.4, 0.5) is 0 Å². The van der Waals surface area contributed by atoms with Gasteiger partial charge in [0.1, 0.15) is 5.69 Å². The molecule has 0 radical (unpaired) electrons. The van der Waals surface area contributed by atoms with E-state index in [1.807, 2.05) is 0 Å². The molecule has 2 saturated heterocycles. The Morgan fingerprint density at radius 3 is 2.76 bits per heavy atom. The molecule has 2 aliphatic rings. The minimum atomic E-state index is -0.298. The molecule has 2 aliphatic heterocycles. The average Bonchev–Trinajstić information content (AvgIpc) is 3.01. The van der Waals surface area contributed by atoms with E-state index in [0.29, 0.717) is 24.9 Å². The van der Waals surface area contributed by atoms with Crippen LogP contribution in [0.1, 0.15) is 23.3 Å². The van der Waals surface area contributed by atoms with Crippen LogP contribution in [-0.4, -0.2) is 71.3 Å². The zero-order chi connectivity index (χ0) is 14.7. The van der Waals surface area contributed by atoms with Crippen molar-refractivity contribution in [3.05, 3.63) is 28.2 Å². The molecule has 1 aromatic heterocycles. The number of H-pyrrole nitrogens is 1. The fourth-order valence-electron chi connectivity index (χ4n) is 2.84. The van der Waals surface area contributed by atoms with Crippen LogP contribution in [0.15, 0.2) is 16.9 Å². The Bertz CT molecular complexity index is 525. The molecule has 0 saturated carbocycles. The maximum absolute atomic E-state index is 12.3. The summed E-state index contributed by atoms with van der Waals surface area (Å²) in [5, 5.41) is 6.09. The molecule has 1 aromatic rings. The average molecular weight is 292 g/mol. The van der Waals surface area contributed by atoms with Gasteiger partial charge in [-0.25, -0.2) is 5.10 Å². The number of nitrogens with one attached hydrogen (secondary N) is 1. The van der Waals surface area contributed by atoms with E-state index in [1.165, 1.54) is 12.1 Å². The van der Waals surface area contributed by atoms with Gasteiger partial charge in [0.05, 0.1) is 6.10 Å². The summed E-state index contributed by atoms with van der Waals surface area (Å²) in [7, 11) is 0. The summed E-state index contributed by atoms with van der Waals surface area (Å²) in [6, 6.07) is 2.80. The maximum atomic E-state index is 12.3. The highest BCUT2D eigenvalue weighted by molar-refractivity contribution is 5.92. The maximum Gasteiger partial charge on any atom is 0.274 e. The zero-order valence-corrected chi connectivity index (χ0v) is 12.0. The lowest BCUT2D eigenvalue weighted by molar-refractivity contribution is 0.0429. The highest BCUT2D eigenvalue weighted by Crippen LogP contribution is 2.15. The topological polar surface area (TPSA) is 78.5 Å². The predicted molar refractivity (Wildman–Crippen MR) is 76.2 cm³/mol. The van der Waals surface area contributed by atoms with Crippen molar-refractivity contribution in [2.75, 3.05) is 39.3 Å². The number of piperazine rings is 1. The van der Waals surface area contributed by atoms with Gasteiger partial charge >= 0.3 is 0 Å². The van der Waals surface area contributed by atoms with Gasteiger partial charge < -0.3 is 9.64 Å². The Kier molecular flexibility index (Phi) is 4.31. The lowest BCUT2D eigenvalue weighted by Gasteiger charge is -2.35. The SMILES string of the molecule is O=C(c1ccc(=O)[nH]n1)N1CCN(CC2CCCO2)CC1. The number of hydrogen-bond acceptors (Lipinski definition) is 5. The van der Waals surface area contributed by atoms with Gasteiger partial charge in [0.25, 0.3) is 11.5 Å². The summed E-state index contributed by atoms with van der Waals surface area (Å²) >= 11 is 0. The summed E-state index contributed by atoms with van der Waals surface area (Å²) in [5.74, 6) is -0.122. The second kappa shape index (κ2) is 6.36. The van der Waals surface area contributed by atoms with Gasteiger partial charge in [0.2, 0.25) is 0 Å². The van der Waals surface area contributed by atoms with E-state index in [4.69, 9.17) is 4.74 Å². The second-order valence-corrected chi connectivity index (χ2v) is 5.53. The van der Waals surface area contributed by atoms with Gasteiger partial charge in [-0.3, -0.25) is 14.5 Å². The van der Waals surface area contributed by atoms with Gasteiger partial charge in [0, 0.05) is 45.4 Å². The first kappa shape index (κ1) is 14.2. The van der Waals surface area contributed by atoms with E-state index in [-0.39, 0.29) is 11.5 Å². The summed E-state index contributed by atoms with van der Waals surface area (Å²) in [4.78, 5) is 27.4. The first-order valence-electron chi connectivity index (χ1n) is 7.41. The van der Waals surface area contributed by atoms with E-state index in [1.54, 1.807) is 4.90 Å². The van der Waals surface area contributed by atoms with Crippen molar-refractivity contribution in [1.29, 1.82) is 0 Å². The van der Waals surface area contributed by atoms with Crippen molar-refractivity contribution in [3.8, 4) is 0 Å². The van der Waals surface area contributed by atoms with E-state index in [9.17, 15) is 9.59 Å². The van der Waals surface area contributed by atoms with E-state index < -0.39 is 0 Å². The van der Waals surface area contributed by atoms with Crippen LogP contribution in [0.3, 0.4) is 0 Å². The first-order valence-corrected chi connectivity index (χ1v) is 7.41. The Morgan fingerprint density at radius 2 is 2.14 bits per heavy atom. The van der Waals surface area contributed by atoms with Crippen LogP contribution >= 0.6 is 0 Å². The quantitative estimate of drug-likeness (QED) is 0.828. The molecule has 0 bridgehead atoms. The fraction of sp³-hybridized carbons (Fsp3) is 0.643. The third kappa shape index (κ3) is 3.48. The Hall–Kier alpha value is -1.73. The van der Waals surface area contributed by atoms with Gasteiger partial charge in [0.15, 0.2) is 0 Å². The van der Waals surface area contributed by atoms with Gasteiger partial charge in [-0.2, -0.15) is 5.10 Å². The lowest BCUT2D eigenvalue weighted by atomic mass is 10.2. The smallest absolute Gasteiger partial charge is 0.274 e. The largest absolute Gasteiger partial charge is 0.377 e. The molecular weight excluding hydrogens is 272 g/mol. The summed E-state index contributed by atoms with van der Waals surface area (Å²) in [6.45, 7) is 4.92. The van der Waals surface area contributed by atoms with Crippen molar-refractivity contribution in [3.63, 3.8) is 0 Å². The lowest BCUT2D eigenvalue weighted by Crippen LogP contribution is -2.50. The van der Waals surface area contributed by atoms with Crippen LogP contribution in [0, 0.1) is 0 Å². The molecular formula is C14H20N4O3. The van der Waals surface area contributed by atoms with Gasteiger partial charge in [-0.1, -0.05) is 0 Å². The number of nitrogens with zero attached hydrogens (tertiary/aromatic N) is 3. The number of aromatic nitrogens is 2. The number of carbonyl (C=O) groups excluding carboxylic acids is 1. The molecule has 7 nitrogen and oxygen atoms in total. The highest BCUT2D eigenvalue weighted by Gasteiger charge is 2.25. The molecule has 21 heavy (non-hydrogen) atoms. The number of amides is 1. The van der Waals surface area contributed by atoms with Crippen LogP contribution in [0.2, 0.25) is 0 Å². The molecule has 114 valence electrons. The molecule has 3 rings (SSSR count). The number of carbonyl (C=O) groups is 1. The molecule has 7 heteroatoms. The minimum absolute atomic E-state index is 0.122. The normalized spacial score (nSPS) is 23.4. The molecule has 2 fully saturated rings. The van der Waals surface area contributed by atoms with Crippen LogP contribution in [0.25, 0.3) is 0 Å². The van der Waals surface area contributed by atoms with Crippen molar-refractivity contribution in [1.82, 2.24) is 20.0 Å². The monoisotopic (exact) mass is 292 g/mol. The molecule has 0 aliphatic carbocycles. The standard InChI is InChI=1S/C14H20N4O3/c19-13-4-3-12(15-16-13)14(20)18-7-5-17(6-8-18)10-11-2-1-9-21-11/h3-4,11H,1-2,5-10H2,(H,16,19). The molecule has 1 unspecified atom stereocenters. The van der Waals surface area contributed by atoms with Crippen molar-refractivity contribution >= 4 is 5.91 Å². The third-order valence-electron chi connectivity index (χ3n) is 4.04. The Labute approximate surface area is 122 Å². The van der Waals surface area contributed by atoms with Crippen molar-refractivity contribution < 1.29 is 9.53 Å². The van der Waals surface area contributed by atoms with E-state index in [2.05, 4.69) is 15.1 Å². The summed E-state index contributed by atoms with van der Waals surface area (Å²) in [6.07, 6.45) is 2.65.